The van der Waals surface area contributed by atoms with Gasteiger partial charge in [0.25, 0.3) is 5.91 Å². The molecule has 2 heterocycles. The second-order valence-corrected chi connectivity index (χ2v) is 10.8. The van der Waals surface area contributed by atoms with Gasteiger partial charge in [-0.15, -0.1) is 11.3 Å². The van der Waals surface area contributed by atoms with Crippen LogP contribution < -0.4 is 10.2 Å². The molecular formula is C26H33N5O3S. The van der Waals surface area contributed by atoms with Gasteiger partial charge in [0.05, 0.1) is 17.4 Å². The Morgan fingerprint density at radius 1 is 1.20 bits per heavy atom. The van der Waals surface area contributed by atoms with Crippen LogP contribution in [0, 0.1) is 16.2 Å². The van der Waals surface area contributed by atoms with Crippen molar-refractivity contribution < 1.29 is 14.3 Å². The lowest BCUT2D eigenvalue weighted by molar-refractivity contribution is -0.120. The first-order valence-corrected chi connectivity index (χ1v) is 12.2. The maximum absolute atomic E-state index is 13.0. The van der Waals surface area contributed by atoms with Crippen LogP contribution in [0.5, 0.6) is 0 Å². The fourth-order valence-electron chi connectivity index (χ4n) is 3.78. The van der Waals surface area contributed by atoms with Crippen LogP contribution >= 0.6 is 11.3 Å². The number of nitrogens with zero attached hydrogens (tertiary/aromatic N) is 1. The number of amides is 2. The summed E-state index contributed by atoms with van der Waals surface area (Å²) in [6.07, 6.45) is 3.40. The van der Waals surface area contributed by atoms with Crippen LogP contribution in [0.25, 0.3) is 10.9 Å². The minimum atomic E-state index is -0.428. The normalized spacial score (nSPS) is 12.4. The van der Waals surface area contributed by atoms with E-state index < -0.39 is 5.92 Å². The zero-order valence-electron chi connectivity index (χ0n) is 20.8. The molecular weight excluding hydrogens is 462 g/mol. The molecule has 35 heavy (non-hydrogen) atoms. The van der Waals surface area contributed by atoms with Gasteiger partial charge in [0.15, 0.2) is 0 Å². The first-order chi connectivity index (χ1) is 16.6. The van der Waals surface area contributed by atoms with E-state index in [0.717, 1.165) is 27.0 Å². The summed E-state index contributed by atoms with van der Waals surface area (Å²) >= 11 is 1.26. The molecule has 9 heteroatoms. The molecule has 2 amide bonds. The standard InChI is InChI=1S/C26H33N5O3S/c1-26(2,3)13-23(32)31(4)17-6-7-18-19(10-11-34-5)24(29-20(18)12-17)30-25(33)22-9-8-21(35-22)16(14-27)15-28/h6-9,12,14-16,27-29H,10-11,13H2,1-5H3,(H,30,33). The minimum Gasteiger partial charge on any atom is -0.384 e. The minimum absolute atomic E-state index is 0.0400. The van der Waals surface area contributed by atoms with Gasteiger partial charge in [-0.3, -0.25) is 9.59 Å². The lowest BCUT2D eigenvalue weighted by Gasteiger charge is -2.23. The molecule has 1 aromatic carbocycles. The third-order valence-electron chi connectivity index (χ3n) is 5.67. The highest BCUT2D eigenvalue weighted by atomic mass is 32.1. The molecule has 3 rings (SSSR count). The van der Waals surface area contributed by atoms with Crippen molar-refractivity contribution in [3.05, 3.63) is 45.6 Å². The van der Waals surface area contributed by atoms with Gasteiger partial charge in [-0.1, -0.05) is 26.8 Å². The number of anilines is 2. The first kappa shape index (κ1) is 26.3. The number of thiophene rings is 1. The third kappa shape index (κ3) is 6.23. The van der Waals surface area contributed by atoms with E-state index in [0.29, 0.717) is 30.1 Å². The number of rotatable bonds is 10. The number of H-pyrrole nitrogens is 1. The Morgan fingerprint density at radius 3 is 2.54 bits per heavy atom. The smallest absolute Gasteiger partial charge is 0.266 e. The summed E-state index contributed by atoms with van der Waals surface area (Å²) in [5, 5.41) is 18.8. The van der Waals surface area contributed by atoms with Crippen LogP contribution in [0.15, 0.2) is 30.3 Å². The van der Waals surface area contributed by atoms with Crippen LogP contribution in [-0.4, -0.2) is 50.0 Å². The van der Waals surface area contributed by atoms with Crippen molar-refractivity contribution in [2.45, 2.75) is 39.5 Å². The maximum Gasteiger partial charge on any atom is 0.266 e. The Balaban J connectivity index is 1.91. The van der Waals surface area contributed by atoms with Crippen LogP contribution in [0.3, 0.4) is 0 Å². The van der Waals surface area contributed by atoms with Gasteiger partial charge in [-0.25, -0.2) is 0 Å². The second kappa shape index (κ2) is 11.0. The van der Waals surface area contributed by atoms with E-state index in [1.165, 1.54) is 23.8 Å². The largest absolute Gasteiger partial charge is 0.384 e. The maximum atomic E-state index is 13.0. The van der Waals surface area contributed by atoms with Crippen molar-refractivity contribution in [2.75, 3.05) is 31.0 Å². The second-order valence-electron chi connectivity index (χ2n) is 9.66. The number of ether oxygens (including phenoxy) is 1. The molecule has 0 fully saturated rings. The molecule has 0 unspecified atom stereocenters. The summed E-state index contributed by atoms with van der Waals surface area (Å²) in [4.78, 5) is 32.0. The van der Waals surface area contributed by atoms with Crippen LogP contribution in [-0.2, 0) is 16.0 Å². The van der Waals surface area contributed by atoms with Crippen molar-refractivity contribution in [3.8, 4) is 0 Å². The van der Waals surface area contributed by atoms with Crippen molar-refractivity contribution in [2.24, 2.45) is 5.41 Å². The number of aromatic nitrogens is 1. The molecule has 0 radical (unpaired) electrons. The lowest BCUT2D eigenvalue weighted by atomic mass is 9.91. The molecule has 0 aliphatic rings. The van der Waals surface area contributed by atoms with Crippen molar-refractivity contribution >= 4 is 58.0 Å². The van der Waals surface area contributed by atoms with E-state index in [1.807, 2.05) is 39.0 Å². The Hall–Kier alpha value is -3.30. The Bertz CT molecular complexity index is 1230. The van der Waals surface area contributed by atoms with Gasteiger partial charge in [-0.05, 0) is 36.1 Å². The number of methoxy groups -OCH3 is 1. The average molecular weight is 496 g/mol. The topological polar surface area (TPSA) is 122 Å². The summed E-state index contributed by atoms with van der Waals surface area (Å²) in [5.74, 6) is -0.0622. The zero-order valence-corrected chi connectivity index (χ0v) is 21.6. The number of nitrogens with one attached hydrogen (secondary N) is 4. The van der Waals surface area contributed by atoms with Crippen LogP contribution in [0.2, 0.25) is 0 Å². The fourth-order valence-corrected chi connectivity index (χ4v) is 4.72. The number of aromatic amines is 1. The molecule has 2 aromatic heterocycles. The SMILES string of the molecule is COCCc1c(NC(=O)c2ccc(C(C=N)C=N)s2)[nH]c2cc(N(C)C(=O)CC(C)(C)C)ccc12. The summed E-state index contributed by atoms with van der Waals surface area (Å²) in [6.45, 7) is 6.61. The summed E-state index contributed by atoms with van der Waals surface area (Å²) in [7, 11) is 3.41. The number of carbonyl (C=O) groups excluding carboxylic acids is 2. The van der Waals surface area contributed by atoms with Gasteiger partial charge >= 0.3 is 0 Å². The molecule has 0 aliphatic carbocycles. The Labute approximate surface area is 209 Å². The van der Waals surface area contributed by atoms with E-state index in [1.54, 1.807) is 31.2 Å². The highest BCUT2D eigenvalue weighted by Gasteiger charge is 2.22. The molecule has 0 saturated heterocycles. The first-order valence-electron chi connectivity index (χ1n) is 11.4. The summed E-state index contributed by atoms with van der Waals surface area (Å²) in [5.41, 5.74) is 2.42. The van der Waals surface area contributed by atoms with Gasteiger partial charge in [0.1, 0.15) is 5.82 Å². The number of benzene rings is 1. The lowest BCUT2D eigenvalue weighted by Crippen LogP contribution is -2.29. The van der Waals surface area contributed by atoms with Crippen LogP contribution in [0.1, 0.15) is 53.2 Å². The molecule has 0 spiro atoms. The molecule has 0 aliphatic heterocycles. The van der Waals surface area contributed by atoms with E-state index in [9.17, 15) is 9.59 Å². The van der Waals surface area contributed by atoms with Gasteiger partial charge in [0, 0.05) is 60.0 Å². The van der Waals surface area contributed by atoms with Gasteiger partial charge < -0.3 is 30.8 Å². The third-order valence-corrected chi connectivity index (χ3v) is 6.85. The highest BCUT2D eigenvalue weighted by molar-refractivity contribution is 7.14. The van der Waals surface area contributed by atoms with Crippen molar-refractivity contribution in [1.29, 1.82) is 10.8 Å². The summed E-state index contributed by atoms with van der Waals surface area (Å²) < 4.78 is 5.28. The summed E-state index contributed by atoms with van der Waals surface area (Å²) in [6, 6.07) is 9.28. The molecule has 0 atom stereocenters. The predicted molar refractivity (Wildman–Crippen MR) is 144 cm³/mol. The average Bonchev–Trinajstić information content (AvgIpc) is 3.41. The van der Waals surface area contributed by atoms with Gasteiger partial charge in [0.2, 0.25) is 5.91 Å². The van der Waals surface area contributed by atoms with Gasteiger partial charge in [-0.2, -0.15) is 0 Å². The Kier molecular flexibility index (Phi) is 8.24. The highest BCUT2D eigenvalue weighted by Crippen LogP contribution is 2.32. The quantitative estimate of drug-likeness (QED) is 0.280. The molecule has 0 saturated carbocycles. The number of hydrogen-bond donors (Lipinski definition) is 4. The van der Waals surface area contributed by atoms with Crippen molar-refractivity contribution in [1.82, 2.24) is 4.98 Å². The zero-order chi connectivity index (χ0) is 25.8. The molecule has 4 N–H and O–H groups in total. The number of hydrogen-bond acceptors (Lipinski definition) is 6. The monoisotopic (exact) mass is 495 g/mol. The number of fused-ring (bicyclic) bond motifs is 1. The molecule has 186 valence electrons. The predicted octanol–water partition coefficient (Wildman–Crippen LogP) is 5.45. The van der Waals surface area contributed by atoms with Crippen molar-refractivity contribution in [3.63, 3.8) is 0 Å². The van der Waals surface area contributed by atoms with E-state index in [4.69, 9.17) is 15.6 Å². The van der Waals surface area contributed by atoms with Crippen LogP contribution in [0.4, 0.5) is 11.5 Å². The Morgan fingerprint density at radius 2 is 1.91 bits per heavy atom. The fraction of sp³-hybridized carbons (Fsp3) is 0.385. The molecule has 0 bridgehead atoms. The van der Waals surface area contributed by atoms with E-state index in [-0.39, 0.29) is 17.2 Å². The van der Waals surface area contributed by atoms with E-state index in [2.05, 4.69) is 10.3 Å². The molecule has 3 aromatic rings. The number of carbonyl (C=O) groups is 2. The van der Waals surface area contributed by atoms with E-state index >= 15 is 0 Å². The molecule has 8 nitrogen and oxygen atoms in total.